The summed E-state index contributed by atoms with van der Waals surface area (Å²) in [4.78, 5) is 56.6. The van der Waals surface area contributed by atoms with Gasteiger partial charge in [0.2, 0.25) is 11.8 Å². The highest BCUT2D eigenvalue weighted by molar-refractivity contribution is 5.89. The van der Waals surface area contributed by atoms with Gasteiger partial charge in [-0.15, -0.1) is 0 Å². The van der Waals surface area contributed by atoms with E-state index in [1.165, 1.54) is 0 Å². The molecule has 0 heterocycles. The molecule has 0 radical (unpaired) electrons. The van der Waals surface area contributed by atoms with Crippen molar-refractivity contribution in [2.45, 2.75) is 37.9 Å². The van der Waals surface area contributed by atoms with Gasteiger partial charge in [-0.05, 0) is 41.7 Å². The molecule has 0 bridgehead atoms. The normalized spacial score (nSPS) is 11.2. The first-order valence-corrected chi connectivity index (χ1v) is 13.7. The van der Waals surface area contributed by atoms with E-state index in [0.29, 0.717) is 30.6 Å². The first-order valence-electron chi connectivity index (χ1n) is 13.7. The molecule has 45 heavy (non-hydrogen) atoms. The van der Waals surface area contributed by atoms with Gasteiger partial charge in [0.15, 0.2) is 0 Å². The smallest absolute Gasteiger partial charge is 0.481 e. The molecule has 1 atom stereocenters. The highest BCUT2D eigenvalue weighted by atomic mass is 19.4. The fourth-order valence-corrected chi connectivity index (χ4v) is 3.79. The third-order valence-electron chi connectivity index (χ3n) is 5.97. The quantitative estimate of drug-likeness (QED) is 0.148. The number of rotatable bonds is 13. The molecular formula is C31H33F3N4O7. The van der Waals surface area contributed by atoms with E-state index in [4.69, 9.17) is 9.90 Å². The Bertz CT molecular complexity index is 1400. The summed E-state index contributed by atoms with van der Waals surface area (Å²) in [7, 11) is 0. The number of hydrogen-bond donors (Lipinski definition) is 6. The number of carboxylic acids is 2. The van der Waals surface area contributed by atoms with Crippen molar-refractivity contribution in [3.63, 3.8) is 0 Å². The lowest BCUT2D eigenvalue weighted by molar-refractivity contribution is -0.192. The maximum absolute atomic E-state index is 12.4. The number of anilines is 1. The standard InChI is InChI=1S/C29H32N4O5.C2HF3O2/c34-26(13-7-8-18-30-29(38)32-24-11-5-2-6-12-24)31-20-27(35)33-25(19-28(36)37)23-16-14-22(15-17-23)21-9-3-1-4-10-21;3-2(4,5)1(6)7/h1-6,9-12,14-17,25H,7-8,13,18-20H2,(H,31,34)(H,33,35)(H,36,37)(H2,30,32,38);(H,6,7). The van der Waals surface area contributed by atoms with Crippen molar-refractivity contribution in [2.75, 3.05) is 18.4 Å². The largest absolute Gasteiger partial charge is 0.490 e. The van der Waals surface area contributed by atoms with E-state index in [1.807, 2.05) is 60.7 Å². The van der Waals surface area contributed by atoms with Crippen molar-refractivity contribution in [1.82, 2.24) is 16.0 Å². The number of carboxylic acid groups (broad SMARTS) is 2. The van der Waals surface area contributed by atoms with E-state index in [-0.39, 0.29) is 31.3 Å². The van der Waals surface area contributed by atoms with Gasteiger partial charge in [0.05, 0.1) is 19.0 Å². The third-order valence-corrected chi connectivity index (χ3v) is 5.97. The van der Waals surface area contributed by atoms with Gasteiger partial charge in [0, 0.05) is 18.7 Å². The lowest BCUT2D eigenvalue weighted by atomic mass is 9.99. The van der Waals surface area contributed by atoms with E-state index in [1.54, 1.807) is 24.3 Å². The number of amides is 4. The minimum absolute atomic E-state index is 0.203. The van der Waals surface area contributed by atoms with E-state index in [2.05, 4.69) is 21.3 Å². The van der Waals surface area contributed by atoms with E-state index >= 15 is 0 Å². The summed E-state index contributed by atoms with van der Waals surface area (Å²) >= 11 is 0. The predicted octanol–water partition coefficient (Wildman–Crippen LogP) is 4.73. The second-order valence-electron chi connectivity index (χ2n) is 9.49. The average molecular weight is 631 g/mol. The Balaban J connectivity index is 0.000000900. The average Bonchev–Trinajstić information content (AvgIpc) is 3.00. The van der Waals surface area contributed by atoms with Crippen LogP contribution in [0.4, 0.5) is 23.7 Å². The van der Waals surface area contributed by atoms with Gasteiger partial charge in [-0.25, -0.2) is 9.59 Å². The molecule has 0 saturated carbocycles. The van der Waals surface area contributed by atoms with Crippen LogP contribution in [0.1, 0.15) is 37.3 Å². The second kappa shape index (κ2) is 18.3. The third kappa shape index (κ3) is 14.6. The van der Waals surface area contributed by atoms with Gasteiger partial charge in [-0.3, -0.25) is 14.4 Å². The Morgan fingerprint density at radius 2 is 1.27 bits per heavy atom. The van der Waals surface area contributed by atoms with Gasteiger partial charge in [-0.1, -0.05) is 72.8 Å². The zero-order valence-corrected chi connectivity index (χ0v) is 24.0. The molecule has 0 spiro atoms. The number of para-hydroxylation sites is 1. The van der Waals surface area contributed by atoms with Crippen LogP contribution in [-0.4, -0.2) is 59.3 Å². The van der Waals surface area contributed by atoms with E-state index in [0.717, 1.165) is 11.1 Å². The molecule has 0 saturated heterocycles. The Kier molecular flexibility index (Phi) is 14.6. The van der Waals surface area contributed by atoms with Crippen LogP contribution in [0.2, 0.25) is 0 Å². The monoisotopic (exact) mass is 630 g/mol. The van der Waals surface area contributed by atoms with Crippen molar-refractivity contribution >= 4 is 35.5 Å². The fraction of sp³-hybridized carbons (Fsp3) is 0.258. The molecule has 3 rings (SSSR count). The molecule has 1 unspecified atom stereocenters. The molecule has 0 aliphatic heterocycles. The molecule has 6 N–H and O–H groups in total. The van der Waals surface area contributed by atoms with Gasteiger partial charge < -0.3 is 31.5 Å². The van der Waals surface area contributed by atoms with Gasteiger partial charge in [0.1, 0.15) is 0 Å². The number of alkyl halides is 3. The summed E-state index contributed by atoms with van der Waals surface area (Å²) < 4.78 is 31.7. The maximum atomic E-state index is 12.4. The first-order chi connectivity index (χ1) is 21.3. The minimum atomic E-state index is -5.08. The number of carbonyl (C=O) groups is 5. The summed E-state index contributed by atoms with van der Waals surface area (Å²) in [6.45, 7) is 0.154. The lowest BCUT2D eigenvalue weighted by Gasteiger charge is -2.18. The summed E-state index contributed by atoms with van der Waals surface area (Å²) in [6.07, 6.45) is -4.03. The number of hydrogen-bond acceptors (Lipinski definition) is 5. The molecule has 0 aliphatic rings. The van der Waals surface area contributed by atoms with Gasteiger partial charge >= 0.3 is 24.1 Å². The summed E-state index contributed by atoms with van der Waals surface area (Å²) in [6, 6.07) is 25.1. The summed E-state index contributed by atoms with van der Waals surface area (Å²) in [5.41, 5.74) is 3.37. The Morgan fingerprint density at radius 3 is 1.82 bits per heavy atom. The highest BCUT2D eigenvalue weighted by Crippen LogP contribution is 2.23. The van der Waals surface area contributed by atoms with Crippen LogP contribution in [0.3, 0.4) is 0 Å². The minimum Gasteiger partial charge on any atom is -0.481 e. The molecule has 3 aromatic carbocycles. The van der Waals surface area contributed by atoms with E-state index < -0.39 is 30.1 Å². The Labute approximate surface area is 256 Å². The van der Waals surface area contributed by atoms with Crippen molar-refractivity contribution in [3.05, 3.63) is 90.5 Å². The van der Waals surface area contributed by atoms with E-state index in [9.17, 15) is 37.5 Å². The van der Waals surface area contributed by atoms with Crippen LogP contribution in [0.15, 0.2) is 84.9 Å². The number of carbonyl (C=O) groups excluding carboxylic acids is 3. The van der Waals surface area contributed by atoms with Crippen molar-refractivity contribution < 1.29 is 47.4 Å². The van der Waals surface area contributed by atoms with Crippen LogP contribution < -0.4 is 21.3 Å². The molecule has 11 nitrogen and oxygen atoms in total. The Morgan fingerprint density at radius 1 is 0.711 bits per heavy atom. The summed E-state index contributed by atoms with van der Waals surface area (Å²) in [5.74, 6) is -4.57. The lowest BCUT2D eigenvalue weighted by Crippen LogP contribution is -2.39. The second-order valence-corrected chi connectivity index (χ2v) is 9.49. The molecule has 0 aliphatic carbocycles. The highest BCUT2D eigenvalue weighted by Gasteiger charge is 2.38. The van der Waals surface area contributed by atoms with Crippen molar-refractivity contribution in [3.8, 4) is 11.1 Å². The zero-order valence-electron chi connectivity index (χ0n) is 24.0. The molecule has 14 heteroatoms. The van der Waals surface area contributed by atoms with Crippen LogP contribution >= 0.6 is 0 Å². The van der Waals surface area contributed by atoms with Crippen LogP contribution in [0.5, 0.6) is 0 Å². The van der Waals surface area contributed by atoms with Crippen molar-refractivity contribution in [1.29, 1.82) is 0 Å². The molecule has 3 aromatic rings. The van der Waals surface area contributed by atoms with Crippen LogP contribution in [-0.2, 0) is 19.2 Å². The summed E-state index contributed by atoms with van der Waals surface area (Å²) in [5, 5.41) is 27.1. The van der Waals surface area contributed by atoms with Crippen LogP contribution in [0.25, 0.3) is 11.1 Å². The number of benzene rings is 3. The fourth-order valence-electron chi connectivity index (χ4n) is 3.79. The molecule has 240 valence electrons. The first kappa shape index (κ1) is 35.8. The molecule has 0 fully saturated rings. The topological polar surface area (TPSA) is 174 Å². The van der Waals surface area contributed by atoms with Gasteiger partial charge in [-0.2, -0.15) is 13.2 Å². The van der Waals surface area contributed by atoms with Gasteiger partial charge in [0.25, 0.3) is 0 Å². The predicted molar refractivity (Wildman–Crippen MR) is 159 cm³/mol. The maximum Gasteiger partial charge on any atom is 0.490 e. The number of aliphatic carboxylic acids is 2. The Hall–Kier alpha value is -5.40. The number of unbranched alkanes of at least 4 members (excludes halogenated alkanes) is 1. The molecule has 4 amide bonds. The molecule has 0 aromatic heterocycles. The number of halogens is 3. The molecular weight excluding hydrogens is 597 g/mol. The SMILES string of the molecule is O=C(O)C(F)(F)F.O=C(O)CC(NC(=O)CNC(=O)CCCCNC(=O)Nc1ccccc1)c1ccc(-c2ccccc2)cc1. The van der Waals surface area contributed by atoms with Crippen molar-refractivity contribution in [2.24, 2.45) is 0 Å². The number of urea groups is 1. The van der Waals surface area contributed by atoms with Crippen LogP contribution in [0, 0.1) is 0 Å². The zero-order chi connectivity index (χ0) is 33.2. The number of nitrogens with one attached hydrogen (secondary N) is 4.